The first-order chi connectivity index (χ1) is 10.5. The molecule has 0 bridgehead atoms. The average molecular weight is 301 g/mol. The number of fused-ring (bicyclic) bond motifs is 1. The lowest BCUT2D eigenvalue weighted by atomic mass is 9.87. The fraction of sp³-hybridized carbons (Fsp3) is 0.222. The van der Waals surface area contributed by atoms with E-state index in [0.717, 1.165) is 5.69 Å². The van der Waals surface area contributed by atoms with Crippen LogP contribution in [0.15, 0.2) is 54.6 Å². The van der Waals surface area contributed by atoms with E-state index < -0.39 is 18.1 Å². The predicted octanol–water partition coefficient (Wildman–Crippen LogP) is 4.25. The molecule has 1 aliphatic rings. The first kappa shape index (κ1) is 14.5. The number of anilines is 1. The molecule has 0 saturated carbocycles. The molecule has 1 N–H and O–H groups in total. The van der Waals surface area contributed by atoms with E-state index >= 15 is 0 Å². The molecule has 0 unspecified atom stereocenters. The average Bonchev–Trinajstić information content (AvgIpc) is 2.52. The topological polar surface area (TPSA) is 12.0 Å². The van der Waals surface area contributed by atoms with E-state index in [1.54, 1.807) is 36.4 Å². The van der Waals surface area contributed by atoms with Crippen molar-refractivity contribution in [3.8, 4) is 11.8 Å². The van der Waals surface area contributed by atoms with E-state index in [-0.39, 0.29) is 6.42 Å². The summed E-state index contributed by atoms with van der Waals surface area (Å²) in [6.07, 6.45) is -4.32. The molecule has 0 radical (unpaired) electrons. The lowest BCUT2D eigenvalue weighted by Gasteiger charge is -2.32. The van der Waals surface area contributed by atoms with Crippen LogP contribution < -0.4 is 5.32 Å². The maximum Gasteiger partial charge on any atom is 0.395 e. The van der Waals surface area contributed by atoms with E-state index in [4.69, 9.17) is 0 Å². The van der Waals surface area contributed by atoms with Crippen molar-refractivity contribution in [1.29, 1.82) is 0 Å². The van der Waals surface area contributed by atoms with Crippen LogP contribution in [-0.4, -0.2) is 12.2 Å². The van der Waals surface area contributed by atoms with Crippen molar-refractivity contribution in [2.24, 2.45) is 5.92 Å². The van der Waals surface area contributed by atoms with Gasteiger partial charge in [-0.05, 0) is 30.2 Å². The Hall–Kier alpha value is -2.41. The molecule has 22 heavy (non-hydrogen) atoms. The van der Waals surface area contributed by atoms with Crippen LogP contribution in [0.3, 0.4) is 0 Å². The highest BCUT2D eigenvalue weighted by molar-refractivity contribution is 5.56. The Morgan fingerprint density at radius 2 is 1.64 bits per heavy atom. The molecule has 1 nitrogen and oxygen atoms in total. The van der Waals surface area contributed by atoms with Gasteiger partial charge in [-0.2, -0.15) is 13.2 Å². The van der Waals surface area contributed by atoms with Crippen LogP contribution in [0.1, 0.15) is 11.1 Å². The second kappa shape index (κ2) is 5.76. The molecule has 1 heterocycles. The predicted molar refractivity (Wildman–Crippen MR) is 80.4 cm³/mol. The Morgan fingerprint density at radius 1 is 0.955 bits per heavy atom. The largest absolute Gasteiger partial charge is 0.395 e. The van der Waals surface area contributed by atoms with Crippen LogP contribution in [-0.2, 0) is 6.42 Å². The van der Waals surface area contributed by atoms with E-state index in [0.29, 0.717) is 11.1 Å². The van der Waals surface area contributed by atoms with Gasteiger partial charge in [0.2, 0.25) is 0 Å². The third-order valence-corrected chi connectivity index (χ3v) is 3.74. The Kier molecular flexibility index (Phi) is 3.81. The highest BCUT2D eigenvalue weighted by atomic mass is 19.4. The minimum Gasteiger partial charge on any atom is -0.371 e. The molecular formula is C18H14F3N. The van der Waals surface area contributed by atoms with Gasteiger partial charge < -0.3 is 5.32 Å². The van der Waals surface area contributed by atoms with Gasteiger partial charge in [-0.3, -0.25) is 0 Å². The zero-order chi connectivity index (χ0) is 15.6. The molecule has 2 atom stereocenters. The molecule has 0 aromatic heterocycles. The van der Waals surface area contributed by atoms with E-state index in [9.17, 15) is 13.2 Å². The third-order valence-electron chi connectivity index (χ3n) is 3.74. The van der Waals surface area contributed by atoms with E-state index in [1.807, 2.05) is 18.2 Å². The zero-order valence-corrected chi connectivity index (χ0v) is 11.7. The molecule has 2 aromatic rings. The van der Waals surface area contributed by atoms with Crippen LogP contribution in [0.25, 0.3) is 0 Å². The molecule has 3 rings (SSSR count). The zero-order valence-electron chi connectivity index (χ0n) is 11.7. The van der Waals surface area contributed by atoms with Crippen molar-refractivity contribution >= 4 is 5.69 Å². The van der Waals surface area contributed by atoms with Gasteiger partial charge in [0.25, 0.3) is 0 Å². The smallest absolute Gasteiger partial charge is 0.371 e. The van der Waals surface area contributed by atoms with Crippen LogP contribution >= 0.6 is 0 Å². The summed E-state index contributed by atoms with van der Waals surface area (Å²) in [5.74, 6) is 4.09. The van der Waals surface area contributed by atoms with Crippen molar-refractivity contribution in [3.05, 3.63) is 65.7 Å². The summed E-state index contributed by atoms with van der Waals surface area (Å²) in [4.78, 5) is 0. The summed E-state index contributed by atoms with van der Waals surface area (Å²) in [6, 6.07) is 15.2. The van der Waals surface area contributed by atoms with Crippen molar-refractivity contribution < 1.29 is 13.2 Å². The Bertz CT molecular complexity index is 710. The second-order valence-corrected chi connectivity index (χ2v) is 5.27. The quantitative estimate of drug-likeness (QED) is 0.717. The fourth-order valence-electron chi connectivity index (χ4n) is 2.59. The van der Waals surface area contributed by atoms with Gasteiger partial charge in [0.05, 0.1) is 12.0 Å². The summed E-state index contributed by atoms with van der Waals surface area (Å²) in [7, 11) is 0. The van der Waals surface area contributed by atoms with Crippen molar-refractivity contribution in [2.75, 3.05) is 5.32 Å². The lowest BCUT2D eigenvalue weighted by Crippen LogP contribution is -2.42. The molecule has 0 saturated heterocycles. The highest BCUT2D eigenvalue weighted by Gasteiger charge is 2.46. The molecule has 1 aliphatic heterocycles. The summed E-state index contributed by atoms with van der Waals surface area (Å²) in [5.41, 5.74) is 2.13. The van der Waals surface area contributed by atoms with Crippen LogP contribution in [0, 0.1) is 17.8 Å². The van der Waals surface area contributed by atoms with Gasteiger partial charge in [0.15, 0.2) is 0 Å². The number of alkyl halides is 3. The summed E-state index contributed by atoms with van der Waals surface area (Å²) < 4.78 is 39.9. The van der Waals surface area contributed by atoms with Gasteiger partial charge in [-0.15, -0.1) is 0 Å². The molecule has 0 amide bonds. The number of nitrogens with one attached hydrogen (secondary N) is 1. The van der Waals surface area contributed by atoms with E-state index in [1.165, 1.54) is 0 Å². The van der Waals surface area contributed by atoms with Crippen molar-refractivity contribution in [2.45, 2.75) is 18.6 Å². The fourth-order valence-corrected chi connectivity index (χ4v) is 2.59. The van der Waals surface area contributed by atoms with E-state index in [2.05, 4.69) is 17.2 Å². The highest BCUT2D eigenvalue weighted by Crippen LogP contribution is 2.38. The molecule has 112 valence electrons. The summed E-state index contributed by atoms with van der Waals surface area (Å²) >= 11 is 0. The SMILES string of the molecule is FC(F)(F)[C@@H]1Cc2ccccc2N[C@H]1C#Cc1ccccc1. The van der Waals surface area contributed by atoms with Gasteiger partial charge >= 0.3 is 6.18 Å². The minimum atomic E-state index is -4.28. The number of halogens is 3. The molecule has 0 aliphatic carbocycles. The maximum absolute atomic E-state index is 13.3. The molecular weight excluding hydrogens is 287 g/mol. The second-order valence-electron chi connectivity index (χ2n) is 5.27. The van der Waals surface area contributed by atoms with Crippen LogP contribution in [0.4, 0.5) is 18.9 Å². The number of para-hydroxylation sites is 1. The summed E-state index contributed by atoms with van der Waals surface area (Å²) in [5, 5.41) is 2.93. The first-order valence-electron chi connectivity index (χ1n) is 7.02. The first-order valence-corrected chi connectivity index (χ1v) is 7.02. The monoisotopic (exact) mass is 301 g/mol. The van der Waals surface area contributed by atoms with Crippen molar-refractivity contribution in [1.82, 2.24) is 0 Å². The summed E-state index contributed by atoms with van der Waals surface area (Å²) in [6.45, 7) is 0. The molecule has 0 spiro atoms. The lowest BCUT2D eigenvalue weighted by molar-refractivity contribution is -0.175. The van der Waals surface area contributed by atoms with Crippen molar-refractivity contribution in [3.63, 3.8) is 0 Å². The maximum atomic E-state index is 13.3. The van der Waals surface area contributed by atoms with Gasteiger partial charge in [0, 0.05) is 11.3 Å². The van der Waals surface area contributed by atoms with Crippen LogP contribution in [0.5, 0.6) is 0 Å². The molecule has 0 fully saturated rings. The molecule has 2 aromatic carbocycles. The van der Waals surface area contributed by atoms with Crippen LogP contribution in [0.2, 0.25) is 0 Å². The number of rotatable bonds is 0. The van der Waals surface area contributed by atoms with Gasteiger partial charge in [0.1, 0.15) is 0 Å². The van der Waals surface area contributed by atoms with Gasteiger partial charge in [-0.25, -0.2) is 0 Å². The van der Waals surface area contributed by atoms with Gasteiger partial charge in [-0.1, -0.05) is 48.2 Å². The minimum absolute atomic E-state index is 0.0409. The third kappa shape index (κ3) is 3.09. The number of benzene rings is 2. The molecule has 4 heteroatoms. The standard InChI is InChI=1S/C18H14F3N/c19-18(20,21)15-12-14-8-4-5-9-16(14)22-17(15)11-10-13-6-2-1-3-7-13/h1-9,15,17,22H,12H2/t15-,17+/m1/s1. The Labute approximate surface area is 127 Å². The number of hydrogen-bond acceptors (Lipinski definition) is 1. The Balaban J connectivity index is 1.92. The number of hydrogen-bond donors (Lipinski definition) is 1. The Morgan fingerprint density at radius 3 is 2.36 bits per heavy atom. The normalized spacial score (nSPS) is 20.3.